The van der Waals surface area contributed by atoms with E-state index in [9.17, 15) is 15.3 Å². The predicted molar refractivity (Wildman–Crippen MR) is 124 cm³/mol. The van der Waals surface area contributed by atoms with Crippen molar-refractivity contribution in [2.24, 2.45) is 0 Å². The lowest BCUT2D eigenvalue weighted by Crippen LogP contribution is -2.29. The minimum absolute atomic E-state index is 0.0892. The molecule has 0 saturated carbocycles. The molecule has 164 valence electrons. The first-order valence-corrected chi connectivity index (χ1v) is 10.9. The van der Waals surface area contributed by atoms with Gasteiger partial charge in [-0.2, -0.15) is 0 Å². The Morgan fingerprint density at radius 1 is 0.742 bits per heavy atom. The third kappa shape index (κ3) is 5.95. The lowest BCUT2D eigenvalue weighted by Gasteiger charge is -2.25. The summed E-state index contributed by atoms with van der Waals surface area (Å²) in [6.45, 7) is 4.23. The zero-order valence-electron chi connectivity index (χ0n) is 18.3. The van der Waals surface area contributed by atoms with E-state index in [2.05, 4.69) is 30.3 Å². The molecule has 4 heteroatoms. The van der Waals surface area contributed by atoms with Crippen LogP contribution in [0, 0.1) is 0 Å². The van der Waals surface area contributed by atoms with Crippen molar-refractivity contribution in [1.29, 1.82) is 0 Å². The molecule has 0 aliphatic rings. The van der Waals surface area contributed by atoms with Gasteiger partial charge in [-0.25, -0.2) is 0 Å². The van der Waals surface area contributed by atoms with Crippen LogP contribution in [0.5, 0.6) is 5.75 Å². The molecule has 0 saturated heterocycles. The van der Waals surface area contributed by atoms with Gasteiger partial charge in [-0.1, -0.05) is 62.4 Å². The third-order valence-electron chi connectivity index (χ3n) is 5.99. The maximum absolute atomic E-state index is 10.6. The number of rotatable bonds is 10. The van der Waals surface area contributed by atoms with Crippen molar-refractivity contribution in [1.82, 2.24) is 0 Å². The maximum Gasteiger partial charge on any atom is 0.120 e. The van der Waals surface area contributed by atoms with E-state index in [1.807, 2.05) is 50.2 Å². The summed E-state index contributed by atoms with van der Waals surface area (Å²) < 4.78 is 5.97. The highest BCUT2D eigenvalue weighted by Gasteiger charge is 2.22. The molecule has 0 unspecified atom stereocenters. The zero-order chi connectivity index (χ0) is 22.3. The van der Waals surface area contributed by atoms with Crippen LogP contribution in [0.4, 0.5) is 0 Å². The monoisotopic (exact) mass is 420 g/mol. The molecule has 0 aliphatic carbocycles. The summed E-state index contributed by atoms with van der Waals surface area (Å²) in [5, 5.41) is 29.4. The molecule has 0 amide bonds. The van der Waals surface area contributed by atoms with Crippen LogP contribution < -0.4 is 4.74 Å². The Morgan fingerprint density at radius 2 is 1.42 bits per heavy atom. The van der Waals surface area contributed by atoms with Crippen LogP contribution in [-0.2, 0) is 26.2 Å². The fourth-order valence-electron chi connectivity index (χ4n) is 3.70. The molecule has 31 heavy (non-hydrogen) atoms. The maximum atomic E-state index is 10.6. The van der Waals surface area contributed by atoms with E-state index in [1.165, 1.54) is 0 Å². The highest BCUT2D eigenvalue weighted by molar-refractivity contribution is 5.65. The second-order valence-corrected chi connectivity index (χ2v) is 8.04. The van der Waals surface area contributed by atoms with Gasteiger partial charge < -0.3 is 20.1 Å². The van der Waals surface area contributed by atoms with Gasteiger partial charge in [-0.15, -0.1) is 0 Å². The molecule has 0 bridgehead atoms. The minimum atomic E-state index is -0.638. The smallest absolute Gasteiger partial charge is 0.120 e. The van der Waals surface area contributed by atoms with Gasteiger partial charge in [-0.05, 0) is 64.4 Å². The first-order valence-electron chi connectivity index (χ1n) is 10.9. The molecule has 0 aromatic heterocycles. The van der Waals surface area contributed by atoms with E-state index < -0.39 is 5.60 Å². The molecule has 4 nitrogen and oxygen atoms in total. The molecule has 0 atom stereocenters. The Balaban J connectivity index is 1.69. The lowest BCUT2D eigenvalue weighted by atomic mass is 9.89. The molecule has 0 aliphatic heterocycles. The fraction of sp³-hybridized carbons (Fsp3) is 0.333. The first kappa shape index (κ1) is 23.0. The average molecular weight is 421 g/mol. The second-order valence-electron chi connectivity index (χ2n) is 8.04. The molecule has 0 spiro atoms. The Hall–Kier alpha value is -2.66. The van der Waals surface area contributed by atoms with Gasteiger partial charge in [0.25, 0.3) is 0 Å². The Morgan fingerprint density at radius 3 is 2.06 bits per heavy atom. The molecule has 3 aromatic carbocycles. The Kier molecular flexibility index (Phi) is 7.85. The standard InChI is InChI=1S/C27H32O4/c1-3-27(30,4-2)16-20-8-11-22(12-9-20)23-6-5-7-26(15-23)31-19-21-10-13-24(17-28)25(14-21)18-29/h5-15,28-30H,3-4,16-19H2,1-2H3. The lowest BCUT2D eigenvalue weighted by molar-refractivity contribution is 0.0326. The van der Waals surface area contributed by atoms with Crippen molar-refractivity contribution in [3.63, 3.8) is 0 Å². The predicted octanol–water partition coefficient (Wildman–Crippen LogP) is 5.01. The highest BCUT2D eigenvalue weighted by atomic mass is 16.5. The Labute approximate surface area is 184 Å². The average Bonchev–Trinajstić information content (AvgIpc) is 2.83. The minimum Gasteiger partial charge on any atom is -0.489 e. The van der Waals surface area contributed by atoms with Crippen molar-refractivity contribution < 1.29 is 20.1 Å². The van der Waals surface area contributed by atoms with Crippen molar-refractivity contribution in [2.75, 3.05) is 0 Å². The molecule has 3 aromatic rings. The molecule has 0 radical (unpaired) electrons. The molecular formula is C27H32O4. The van der Waals surface area contributed by atoms with E-state index in [0.29, 0.717) is 13.0 Å². The molecule has 0 fully saturated rings. The van der Waals surface area contributed by atoms with Crippen LogP contribution in [0.1, 0.15) is 48.9 Å². The van der Waals surface area contributed by atoms with Gasteiger partial charge in [0.15, 0.2) is 0 Å². The molecule has 3 rings (SSSR count). The third-order valence-corrected chi connectivity index (χ3v) is 5.99. The van der Waals surface area contributed by atoms with Gasteiger partial charge in [0.2, 0.25) is 0 Å². The number of hydrogen-bond donors (Lipinski definition) is 3. The first-order chi connectivity index (χ1) is 15.0. The van der Waals surface area contributed by atoms with Crippen LogP contribution in [0.2, 0.25) is 0 Å². The normalized spacial score (nSPS) is 11.5. The molecule has 3 N–H and O–H groups in total. The van der Waals surface area contributed by atoms with E-state index in [-0.39, 0.29) is 13.2 Å². The number of benzene rings is 3. The second kappa shape index (κ2) is 10.6. The van der Waals surface area contributed by atoms with Crippen LogP contribution in [0.3, 0.4) is 0 Å². The largest absolute Gasteiger partial charge is 0.489 e. The fourth-order valence-corrected chi connectivity index (χ4v) is 3.70. The number of aliphatic hydroxyl groups excluding tert-OH is 2. The summed E-state index contributed by atoms with van der Waals surface area (Å²) in [6, 6.07) is 21.9. The zero-order valence-corrected chi connectivity index (χ0v) is 18.3. The molecule has 0 heterocycles. The van der Waals surface area contributed by atoms with Gasteiger partial charge in [0, 0.05) is 6.42 Å². The summed E-state index contributed by atoms with van der Waals surface area (Å²) >= 11 is 0. The van der Waals surface area contributed by atoms with E-state index >= 15 is 0 Å². The van der Waals surface area contributed by atoms with Crippen molar-refractivity contribution in [2.45, 2.75) is 58.5 Å². The van der Waals surface area contributed by atoms with E-state index in [0.717, 1.165) is 52.0 Å². The van der Waals surface area contributed by atoms with Crippen LogP contribution in [-0.4, -0.2) is 20.9 Å². The van der Waals surface area contributed by atoms with Crippen molar-refractivity contribution >= 4 is 0 Å². The number of hydrogen-bond acceptors (Lipinski definition) is 4. The van der Waals surface area contributed by atoms with Crippen LogP contribution in [0.25, 0.3) is 11.1 Å². The SMILES string of the molecule is CCC(O)(CC)Cc1ccc(-c2cccc(OCc3ccc(CO)c(CO)c3)c2)cc1. The Bertz CT molecular complexity index is 975. The van der Waals surface area contributed by atoms with E-state index in [1.54, 1.807) is 0 Å². The highest BCUT2D eigenvalue weighted by Crippen LogP contribution is 2.27. The van der Waals surface area contributed by atoms with Crippen molar-refractivity contribution in [3.8, 4) is 16.9 Å². The summed E-state index contributed by atoms with van der Waals surface area (Å²) in [4.78, 5) is 0. The van der Waals surface area contributed by atoms with Gasteiger partial charge in [-0.3, -0.25) is 0 Å². The number of aliphatic hydroxyl groups is 3. The summed E-state index contributed by atoms with van der Waals surface area (Å²) in [5.74, 6) is 0.768. The molecular weight excluding hydrogens is 388 g/mol. The van der Waals surface area contributed by atoms with E-state index in [4.69, 9.17) is 4.74 Å². The van der Waals surface area contributed by atoms with Gasteiger partial charge >= 0.3 is 0 Å². The van der Waals surface area contributed by atoms with Gasteiger partial charge in [0.1, 0.15) is 12.4 Å². The summed E-state index contributed by atoms with van der Waals surface area (Å²) in [5.41, 5.74) is 5.05. The van der Waals surface area contributed by atoms with Crippen LogP contribution in [0.15, 0.2) is 66.7 Å². The summed E-state index contributed by atoms with van der Waals surface area (Å²) in [7, 11) is 0. The topological polar surface area (TPSA) is 69.9 Å². The van der Waals surface area contributed by atoms with Crippen molar-refractivity contribution in [3.05, 3.63) is 89.0 Å². The van der Waals surface area contributed by atoms with Crippen LogP contribution >= 0.6 is 0 Å². The number of ether oxygens (including phenoxy) is 1. The van der Waals surface area contributed by atoms with Gasteiger partial charge in [0.05, 0.1) is 18.8 Å². The quantitative estimate of drug-likeness (QED) is 0.431. The summed E-state index contributed by atoms with van der Waals surface area (Å²) in [6.07, 6.45) is 2.15.